The number of hydrogen-bond acceptors (Lipinski definition) is 8. The van der Waals surface area contributed by atoms with E-state index in [4.69, 9.17) is 9.47 Å². The summed E-state index contributed by atoms with van der Waals surface area (Å²) >= 11 is 0. The molecule has 0 atom stereocenters. The highest BCUT2D eigenvalue weighted by Gasteiger charge is 2.30. The number of aryl methyl sites for hydroxylation is 1. The van der Waals surface area contributed by atoms with Crippen LogP contribution in [0.4, 0.5) is 0 Å². The highest BCUT2D eigenvalue weighted by Crippen LogP contribution is 2.33. The van der Waals surface area contributed by atoms with E-state index in [1.54, 1.807) is 6.20 Å². The molecule has 198 valence electrons. The van der Waals surface area contributed by atoms with Gasteiger partial charge in [0, 0.05) is 64.5 Å². The van der Waals surface area contributed by atoms with Crippen molar-refractivity contribution in [2.75, 3.05) is 46.1 Å². The Hall–Kier alpha value is -3.56. The number of piperidine rings is 1. The first-order valence-electron chi connectivity index (χ1n) is 13.5. The van der Waals surface area contributed by atoms with Gasteiger partial charge in [0.15, 0.2) is 11.5 Å². The number of hydrogen-bond donors (Lipinski definition) is 0. The van der Waals surface area contributed by atoms with Gasteiger partial charge in [-0.3, -0.25) is 19.6 Å². The standard InChI is InChI=1S/C29H34N6O3/c1-21-3-2-10-30-28(21)29(36)35-11-8-25(9-12-35)34-15-13-33(14-16-34)19-24-6-5-23(31-32-24)17-22-4-7-26-27(18-22)38-20-37-26/h2-7,10,18,25H,8-9,11-17,19-20H2,1H3. The Kier molecular flexibility index (Phi) is 7.20. The van der Waals surface area contributed by atoms with Crippen molar-refractivity contribution in [3.05, 3.63) is 76.9 Å². The van der Waals surface area contributed by atoms with Gasteiger partial charge in [-0.1, -0.05) is 12.1 Å². The first kappa shape index (κ1) is 24.8. The number of rotatable bonds is 6. The smallest absolute Gasteiger partial charge is 0.272 e. The number of ether oxygens (including phenoxy) is 2. The van der Waals surface area contributed by atoms with E-state index in [0.717, 1.165) is 92.7 Å². The third kappa shape index (κ3) is 5.49. The lowest BCUT2D eigenvalue weighted by Crippen LogP contribution is -2.53. The van der Waals surface area contributed by atoms with E-state index in [1.165, 1.54) is 0 Å². The molecule has 0 aliphatic carbocycles. The second-order valence-corrected chi connectivity index (χ2v) is 10.4. The molecule has 2 aromatic heterocycles. The summed E-state index contributed by atoms with van der Waals surface area (Å²) in [5, 5.41) is 8.98. The Balaban J connectivity index is 0.950. The van der Waals surface area contributed by atoms with E-state index in [-0.39, 0.29) is 12.7 Å². The van der Waals surface area contributed by atoms with Gasteiger partial charge >= 0.3 is 0 Å². The molecule has 38 heavy (non-hydrogen) atoms. The highest BCUT2D eigenvalue weighted by atomic mass is 16.7. The molecule has 3 aromatic rings. The summed E-state index contributed by atoms with van der Waals surface area (Å²) in [6.45, 7) is 8.80. The Morgan fingerprint density at radius 3 is 2.45 bits per heavy atom. The van der Waals surface area contributed by atoms with Crippen molar-refractivity contribution in [3.63, 3.8) is 0 Å². The first-order chi connectivity index (χ1) is 18.6. The summed E-state index contributed by atoms with van der Waals surface area (Å²) in [5.41, 5.74) is 4.61. The summed E-state index contributed by atoms with van der Waals surface area (Å²) in [7, 11) is 0. The topological polar surface area (TPSA) is 83.9 Å². The molecule has 0 radical (unpaired) electrons. The minimum Gasteiger partial charge on any atom is -0.454 e. The molecule has 2 fully saturated rings. The van der Waals surface area contributed by atoms with E-state index < -0.39 is 0 Å². The molecule has 0 spiro atoms. The first-order valence-corrected chi connectivity index (χ1v) is 13.5. The van der Waals surface area contributed by atoms with Crippen molar-refractivity contribution in [2.45, 2.75) is 38.8 Å². The summed E-state index contributed by atoms with van der Waals surface area (Å²) in [6.07, 6.45) is 4.46. The number of piperazine rings is 1. The third-order valence-corrected chi connectivity index (χ3v) is 7.87. The molecule has 0 saturated carbocycles. The van der Waals surface area contributed by atoms with Crippen molar-refractivity contribution in [2.24, 2.45) is 0 Å². The number of pyridine rings is 1. The van der Waals surface area contributed by atoms with Crippen LogP contribution in [0.1, 0.15) is 45.8 Å². The van der Waals surface area contributed by atoms with Gasteiger partial charge in [0.05, 0.1) is 11.4 Å². The van der Waals surface area contributed by atoms with E-state index in [9.17, 15) is 4.79 Å². The predicted octanol–water partition coefficient (Wildman–Crippen LogP) is 2.92. The van der Waals surface area contributed by atoms with Gasteiger partial charge < -0.3 is 14.4 Å². The molecule has 3 aliphatic rings. The largest absolute Gasteiger partial charge is 0.454 e. The van der Waals surface area contributed by atoms with Crippen LogP contribution in [-0.2, 0) is 13.0 Å². The van der Waals surface area contributed by atoms with Crippen LogP contribution in [0.3, 0.4) is 0 Å². The summed E-state index contributed by atoms with van der Waals surface area (Å²) in [4.78, 5) is 24.2. The van der Waals surface area contributed by atoms with Crippen molar-refractivity contribution in [1.29, 1.82) is 0 Å². The van der Waals surface area contributed by atoms with Crippen LogP contribution in [0.2, 0.25) is 0 Å². The Morgan fingerprint density at radius 1 is 0.921 bits per heavy atom. The predicted molar refractivity (Wildman–Crippen MR) is 142 cm³/mol. The van der Waals surface area contributed by atoms with Crippen LogP contribution in [0.5, 0.6) is 11.5 Å². The number of carbonyl (C=O) groups excluding carboxylic acids is 1. The maximum absolute atomic E-state index is 12.9. The number of aromatic nitrogens is 3. The van der Waals surface area contributed by atoms with Crippen LogP contribution >= 0.6 is 0 Å². The average Bonchev–Trinajstić information content (AvgIpc) is 3.43. The Morgan fingerprint density at radius 2 is 1.68 bits per heavy atom. The normalized spacial score (nSPS) is 18.6. The van der Waals surface area contributed by atoms with Gasteiger partial charge in [-0.05, 0) is 61.2 Å². The third-order valence-electron chi connectivity index (χ3n) is 7.87. The van der Waals surface area contributed by atoms with Crippen molar-refractivity contribution in [1.82, 2.24) is 29.9 Å². The molecular formula is C29H34N6O3. The van der Waals surface area contributed by atoms with Gasteiger partial charge in [0.2, 0.25) is 6.79 Å². The van der Waals surface area contributed by atoms with Crippen LogP contribution in [0.25, 0.3) is 0 Å². The molecule has 6 rings (SSSR count). The Labute approximate surface area is 223 Å². The van der Waals surface area contributed by atoms with Crippen LogP contribution in [0, 0.1) is 6.92 Å². The zero-order valence-corrected chi connectivity index (χ0v) is 21.9. The molecule has 3 aliphatic heterocycles. The fraction of sp³-hybridized carbons (Fsp3) is 0.448. The van der Waals surface area contributed by atoms with E-state index in [0.29, 0.717) is 18.2 Å². The number of amides is 1. The number of fused-ring (bicyclic) bond motifs is 1. The summed E-state index contributed by atoms with van der Waals surface area (Å²) in [5.74, 6) is 1.66. The average molecular weight is 515 g/mol. The lowest BCUT2D eigenvalue weighted by molar-refractivity contribution is 0.0461. The molecule has 2 saturated heterocycles. The van der Waals surface area contributed by atoms with Crippen LogP contribution in [0.15, 0.2) is 48.7 Å². The molecule has 9 nitrogen and oxygen atoms in total. The molecular weight excluding hydrogens is 480 g/mol. The fourth-order valence-corrected chi connectivity index (χ4v) is 5.64. The van der Waals surface area contributed by atoms with Gasteiger partial charge in [-0.2, -0.15) is 10.2 Å². The van der Waals surface area contributed by atoms with Crippen LogP contribution in [-0.4, -0.2) is 87.9 Å². The maximum atomic E-state index is 12.9. The molecule has 9 heteroatoms. The van der Waals surface area contributed by atoms with Gasteiger partial charge in [-0.15, -0.1) is 0 Å². The monoisotopic (exact) mass is 514 g/mol. The van der Waals surface area contributed by atoms with Crippen molar-refractivity contribution < 1.29 is 14.3 Å². The highest BCUT2D eigenvalue weighted by molar-refractivity contribution is 5.93. The molecule has 5 heterocycles. The zero-order chi connectivity index (χ0) is 25.9. The number of carbonyl (C=O) groups is 1. The second kappa shape index (κ2) is 11.0. The zero-order valence-electron chi connectivity index (χ0n) is 21.9. The minimum absolute atomic E-state index is 0.0642. The summed E-state index contributed by atoms with van der Waals surface area (Å²) < 4.78 is 10.9. The van der Waals surface area contributed by atoms with E-state index >= 15 is 0 Å². The summed E-state index contributed by atoms with van der Waals surface area (Å²) in [6, 6.07) is 14.6. The number of nitrogens with zero attached hydrogens (tertiary/aromatic N) is 6. The molecule has 0 bridgehead atoms. The van der Waals surface area contributed by atoms with Gasteiger partial charge in [0.1, 0.15) is 5.69 Å². The molecule has 0 N–H and O–H groups in total. The fourth-order valence-electron chi connectivity index (χ4n) is 5.64. The van der Waals surface area contributed by atoms with Crippen LogP contribution < -0.4 is 9.47 Å². The minimum atomic E-state index is 0.0642. The van der Waals surface area contributed by atoms with Gasteiger partial charge in [-0.25, -0.2) is 0 Å². The lowest BCUT2D eigenvalue weighted by Gasteiger charge is -2.42. The van der Waals surface area contributed by atoms with Crippen molar-refractivity contribution >= 4 is 5.91 Å². The maximum Gasteiger partial charge on any atom is 0.272 e. The van der Waals surface area contributed by atoms with Gasteiger partial charge in [0.25, 0.3) is 5.91 Å². The number of likely N-dealkylation sites (tertiary alicyclic amines) is 1. The Bertz CT molecular complexity index is 1270. The second-order valence-electron chi connectivity index (χ2n) is 10.4. The van der Waals surface area contributed by atoms with E-state index in [2.05, 4.69) is 37.1 Å². The molecule has 1 amide bonds. The molecule has 0 unspecified atom stereocenters. The van der Waals surface area contributed by atoms with E-state index in [1.807, 2.05) is 42.2 Å². The number of benzene rings is 1. The quantitative estimate of drug-likeness (QED) is 0.497. The van der Waals surface area contributed by atoms with Crippen molar-refractivity contribution in [3.8, 4) is 11.5 Å². The SMILES string of the molecule is Cc1cccnc1C(=O)N1CCC(N2CCN(Cc3ccc(Cc4ccc5c(c4)OCO5)nn3)CC2)CC1. The lowest BCUT2D eigenvalue weighted by atomic mass is 10.0. The molecule has 1 aromatic carbocycles.